The Balaban J connectivity index is 1.62. The van der Waals surface area contributed by atoms with Crippen LogP contribution in [-0.4, -0.2) is 22.7 Å². The van der Waals surface area contributed by atoms with Gasteiger partial charge in [-0.25, -0.2) is 4.98 Å². The maximum absolute atomic E-state index is 11.9. The third kappa shape index (κ3) is 3.05. The topological polar surface area (TPSA) is 76.2 Å². The largest absolute Gasteiger partial charge is 0.454 e. The third-order valence-corrected chi connectivity index (χ3v) is 3.11. The summed E-state index contributed by atoms with van der Waals surface area (Å²) in [5.74, 6) is 1.96. The summed E-state index contributed by atoms with van der Waals surface area (Å²) in [6.07, 6.45) is 6.59. The van der Waals surface area contributed by atoms with E-state index in [1.807, 2.05) is 25.1 Å². The molecule has 2 heterocycles. The Morgan fingerprint density at radius 2 is 2.29 bits per heavy atom. The van der Waals surface area contributed by atoms with Gasteiger partial charge in [-0.3, -0.25) is 4.79 Å². The van der Waals surface area contributed by atoms with Crippen LogP contribution in [0.4, 0.5) is 0 Å². The standard InChI is InChI=1S/C15H15N3O3/c1-10(15-16-6-7-17-15)18-14(19)5-3-11-2-4-12-13(8-11)21-9-20-12/h2-8,10H,9H2,1H3,(H,16,17)(H,18,19)/b5-3+. The number of imidazole rings is 1. The lowest BCUT2D eigenvalue weighted by atomic mass is 10.2. The van der Waals surface area contributed by atoms with Crippen molar-refractivity contribution in [3.63, 3.8) is 0 Å². The van der Waals surface area contributed by atoms with E-state index < -0.39 is 0 Å². The lowest BCUT2D eigenvalue weighted by Gasteiger charge is -2.09. The van der Waals surface area contributed by atoms with Crippen molar-refractivity contribution < 1.29 is 14.3 Å². The number of amides is 1. The zero-order valence-electron chi connectivity index (χ0n) is 11.5. The smallest absolute Gasteiger partial charge is 0.244 e. The highest BCUT2D eigenvalue weighted by Gasteiger charge is 2.12. The fraction of sp³-hybridized carbons (Fsp3) is 0.200. The Hall–Kier alpha value is -2.76. The number of hydrogen-bond donors (Lipinski definition) is 2. The number of benzene rings is 1. The van der Waals surface area contributed by atoms with Crippen molar-refractivity contribution in [2.45, 2.75) is 13.0 Å². The number of fused-ring (bicyclic) bond motifs is 1. The van der Waals surface area contributed by atoms with Gasteiger partial charge in [-0.2, -0.15) is 0 Å². The minimum Gasteiger partial charge on any atom is -0.454 e. The molecule has 0 bridgehead atoms. The van der Waals surface area contributed by atoms with E-state index in [4.69, 9.17) is 9.47 Å². The Labute approximate surface area is 121 Å². The zero-order valence-corrected chi connectivity index (χ0v) is 11.5. The van der Waals surface area contributed by atoms with Crippen molar-refractivity contribution in [2.24, 2.45) is 0 Å². The number of nitrogens with one attached hydrogen (secondary N) is 2. The van der Waals surface area contributed by atoms with Gasteiger partial charge in [-0.05, 0) is 30.7 Å². The number of carbonyl (C=O) groups excluding carboxylic acids is 1. The molecule has 0 saturated carbocycles. The Bertz CT molecular complexity index is 665. The van der Waals surface area contributed by atoms with Crippen molar-refractivity contribution >= 4 is 12.0 Å². The van der Waals surface area contributed by atoms with Gasteiger partial charge < -0.3 is 19.8 Å². The number of rotatable bonds is 4. The molecule has 1 amide bonds. The van der Waals surface area contributed by atoms with Gasteiger partial charge in [0.1, 0.15) is 5.82 Å². The molecular formula is C15H15N3O3. The Morgan fingerprint density at radius 1 is 1.43 bits per heavy atom. The van der Waals surface area contributed by atoms with Gasteiger partial charge in [-0.1, -0.05) is 6.07 Å². The highest BCUT2D eigenvalue weighted by Crippen LogP contribution is 2.32. The first kappa shape index (κ1) is 13.2. The second-order valence-electron chi connectivity index (χ2n) is 4.65. The van der Waals surface area contributed by atoms with E-state index in [0.29, 0.717) is 5.75 Å². The van der Waals surface area contributed by atoms with Gasteiger partial charge in [0, 0.05) is 18.5 Å². The monoisotopic (exact) mass is 285 g/mol. The average molecular weight is 285 g/mol. The van der Waals surface area contributed by atoms with Crippen LogP contribution in [0.5, 0.6) is 11.5 Å². The minimum atomic E-state index is -0.184. The first-order valence-electron chi connectivity index (χ1n) is 6.60. The highest BCUT2D eigenvalue weighted by atomic mass is 16.7. The molecule has 0 aliphatic carbocycles. The lowest BCUT2D eigenvalue weighted by Crippen LogP contribution is -2.25. The summed E-state index contributed by atoms with van der Waals surface area (Å²) in [7, 11) is 0. The molecule has 6 nitrogen and oxygen atoms in total. The van der Waals surface area contributed by atoms with Crippen molar-refractivity contribution in [3.8, 4) is 11.5 Å². The summed E-state index contributed by atoms with van der Waals surface area (Å²) in [5, 5.41) is 2.83. The highest BCUT2D eigenvalue weighted by molar-refractivity contribution is 5.92. The second kappa shape index (κ2) is 5.70. The van der Waals surface area contributed by atoms with E-state index in [-0.39, 0.29) is 18.7 Å². The van der Waals surface area contributed by atoms with Crippen LogP contribution >= 0.6 is 0 Å². The van der Waals surface area contributed by atoms with Gasteiger partial charge in [0.05, 0.1) is 6.04 Å². The molecule has 108 valence electrons. The van der Waals surface area contributed by atoms with Crippen LogP contribution in [0.25, 0.3) is 6.08 Å². The molecule has 0 spiro atoms. The van der Waals surface area contributed by atoms with E-state index in [0.717, 1.165) is 17.1 Å². The lowest BCUT2D eigenvalue weighted by molar-refractivity contribution is -0.117. The maximum atomic E-state index is 11.9. The third-order valence-electron chi connectivity index (χ3n) is 3.11. The SMILES string of the molecule is CC(NC(=O)/C=C/c1ccc2c(c1)OCO2)c1ncc[nH]1. The normalized spacial score (nSPS) is 14.3. The average Bonchev–Trinajstić information content (AvgIpc) is 3.15. The number of H-pyrrole nitrogens is 1. The molecule has 0 saturated heterocycles. The summed E-state index contributed by atoms with van der Waals surface area (Å²) in [6, 6.07) is 5.36. The van der Waals surface area contributed by atoms with Gasteiger partial charge >= 0.3 is 0 Å². The molecule has 6 heteroatoms. The molecule has 1 aromatic heterocycles. The fourth-order valence-electron chi connectivity index (χ4n) is 2.03. The summed E-state index contributed by atoms with van der Waals surface area (Å²) in [6.45, 7) is 2.11. The summed E-state index contributed by atoms with van der Waals surface area (Å²) >= 11 is 0. The molecule has 21 heavy (non-hydrogen) atoms. The van der Waals surface area contributed by atoms with Crippen LogP contribution in [0.3, 0.4) is 0 Å². The number of hydrogen-bond acceptors (Lipinski definition) is 4. The maximum Gasteiger partial charge on any atom is 0.244 e. The summed E-state index contributed by atoms with van der Waals surface area (Å²) < 4.78 is 10.5. The molecule has 1 atom stereocenters. The first-order chi connectivity index (χ1) is 10.2. The minimum absolute atomic E-state index is 0.172. The molecule has 1 aromatic carbocycles. The van der Waals surface area contributed by atoms with Crippen LogP contribution in [0.1, 0.15) is 24.4 Å². The van der Waals surface area contributed by atoms with Gasteiger partial charge in [-0.15, -0.1) is 0 Å². The number of carbonyl (C=O) groups is 1. The number of aromatic amines is 1. The van der Waals surface area contributed by atoms with Crippen molar-refractivity contribution in [1.29, 1.82) is 0 Å². The van der Waals surface area contributed by atoms with Crippen LogP contribution in [0.2, 0.25) is 0 Å². The Morgan fingerprint density at radius 3 is 3.10 bits per heavy atom. The number of ether oxygens (including phenoxy) is 2. The van der Waals surface area contributed by atoms with E-state index in [1.165, 1.54) is 6.08 Å². The van der Waals surface area contributed by atoms with E-state index in [2.05, 4.69) is 15.3 Å². The van der Waals surface area contributed by atoms with Crippen LogP contribution in [0.15, 0.2) is 36.7 Å². The summed E-state index contributed by atoms with van der Waals surface area (Å²) in [4.78, 5) is 18.9. The van der Waals surface area contributed by atoms with Crippen molar-refractivity contribution in [3.05, 3.63) is 48.1 Å². The van der Waals surface area contributed by atoms with Gasteiger partial charge in [0.2, 0.25) is 12.7 Å². The van der Waals surface area contributed by atoms with E-state index >= 15 is 0 Å². The molecule has 1 unspecified atom stereocenters. The molecule has 1 aliphatic heterocycles. The molecule has 2 N–H and O–H groups in total. The molecule has 3 rings (SSSR count). The number of nitrogens with zero attached hydrogens (tertiary/aromatic N) is 1. The van der Waals surface area contributed by atoms with Crippen molar-refractivity contribution in [2.75, 3.05) is 6.79 Å². The van der Waals surface area contributed by atoms with Crippen molar-refractivity contribution in [1.82, 2.24) is 15.3 Å². The first-order valence-corrected chi connectivity index (χ1v) is 6.60. The van der Waals surface area contributed by atoms with Crippen LogP contribution < -0.4 is 14.8 Å². The van der Waals surface area contributed by atoms with Gasteiger partial charge in [0.25, 0.3) is 0 Å². The quantitative estimate of drug-likeness (QED) is 0.843. The molecule has 2 aromatic rings. The van der Waals surface area contributed by atoms with Gasteiger partial charge in [0.15, 0.2) is 11.5 Å². The van der Waals surface area contributed by atoms with Crippen LogP contribution in [-0.2, 0) is 4.79 Å². The number of aromatic nitrogens is 2. The zero-order chi connectivity index (χ0) is 14.7. The van der Waals surface area contributed by atoms with E-state index in [1.54, 1.807) is 18.5 Å². The molecular weight excluding hydrogens is 270 g/mol. The predicted octanol–water partition coefficient (Wildman–Crippen LogP) is 2.03. The van der Waals surface area contributed by atoms with E-state index in [9.17, 15) is 4.79 Å². The molecule has 0 radical (unpaired) electrons. The molecule has 1 aliphatic rings. The second-order valence-corrected chi connectivity index (χ2v) is 4.65. The fourth-order valence-corrected chi connectivity index (χ4v) is 2.03. The van der Waals surface area contributed by atoms with Crippen LogP contribution in [0, 0.1) is 0 Å². The Kier molecular flexibility index (Phi) is 3.59. The summed E-state index contributed by atoms with van der Waals surface area (Å²) in [5.41, 5.74) is 0.875. The molecule has 0 fully saturated rings. The predicted molar refractivity (Wildman–Crippen MR) is 76.7 cm³/mol.